The molecule has 1 fully saturated rings. The van der Waals surface area contributed by atoms with Gasteiger partial charge in [0, 0.05) is 18.0 Å². The molecule has 3 amide bonds. The third-order valence-electron chi connectivity index (χ3n) is 6.75. The summed E-state index contributed by atoms with van der Waals surface area (Å²) in [6.45, 7) is 10.1. The van der Waals surface area contributed by atoms with E-state index in [9.17, 15) is 19.2 Å². The highest BCUT2D eigenvalue weighted by atomic mass is 16.6. The van der Waals surface area contributed by atoms with Gasteiger partial charge in [0.05, 0.1) is 0 Å². The van der Waals surface area contributed by atoms with Crippen LogP contribution in [-0.4, -0.2) is 58.6 Å². The van der Waals surface area contributed by atoms with E-state index in [1.807, 2.05) is 30.3 Å². The van der Waals surface area contributed by atoms with E-state index in [1.54, 1.807) is 65.8 Å². The number of esters is 1. The molecule has 2 aromatic carbocycles. The number of terminal acetylenes is 1. The van der Waals surface area contributed by atoms with E-state index in [0.29, 0.717) is 24.0 Å². The number of ether oxygens (including phenoxy) is 2. The zero-order chi connectivity index (χ0) is 31.8. The van der Waals surface area contributed by atoms with E-state index in [2.05, 4.69) is 16.6 Å². The number of carbonyl (C=O) groups is 4. The van der Waals surface area contributed by atoms with Crippen molar-refractivity contribution in [3.63, 3.8) is 0 Å². The third-order valence-corrected chi connectivity index (χ3v) is 6.75. The molecular formula is C34H43N3O6. The predicted octanol–water partition coefficient (Wildman–Crippen LogP) is 4.68. The number of carbonyl (C=O) groups excluding carboxylic acids is 4. The van der Waals surface area contributed by atoms with Gasteiger partial charge in [0.2, 0.25) is 11.8 Å². The maximum atomic E-state index is 14.2. The quantitative estimate of drug-likeness (QED) is 0.307. The standard InChI is InChI=1S/C34H43N3O6/c1-8-23-17-19-25(20-18-23)29(37(26-15-12-16-26)28(38)22-35-32(41)43-34(5,6)7)30(39)36-27(31(40)42-33(2,3)4)21-24-13-10-9-11-14-24/h1,9-11,13-14,17-20,26-27,29H,12,15-16,21-22H2,2-7H3,(H,35,41)(H,36,39). The maximum Gasteiger partial charge on any atom is 0.408 e. The molecule has 0 heterocycles. The van der Waals surface area contributed by atoms with Gasteiger partial charge in [-0.1, -0.05) is 48.4 Å². The molecular weight excluding hydrogens is 546 g/mol. The van der Waals surface area contributed by atoms with Crippen LogP contribution < -0.4 is 10.6 Å². The molecule has 230 valence electrons. The van der Waals surface area contributed by atoms with Crippen LogP contribution in [0.5, 0.6) is 0 Å². The average Bonchev–Trinajstić information content (AvgIpc) is 2.89. The SMILES string of the molecule is C#Cc1ccc(C(C(=O)NC(Cc2ccccc2)C(=O)OC(C)(C)C)N(C(=O)CNC(=O)OC(C)(C)C)C2CCC2)cc1. The summed E-state index contributed by atoms with van der Waals surface area (Å²) in [7, 11) is 0. The number of hydrogen-bond acceptors (Lipinski definition) is 6. The number of amides is 3. The van der Waals surface area contributed by atoms with E-state index in [-0.39, 0.29) is 19.0 Å². The summed E-state index contributed by atoms with van der Waals surface area (Å²) in [5.74, 6) is 0.985. The molecule has 9 nitrogen and oxygen atoms in total. The molecule has 2 unspecified atom stereocenters. The molecule has 0 bridgehead atoms. The van der Waals surface area contributed by atoms with Crippen molar-refractivity contribution in [2.24, 2.45) is 0 Å². The van der Waals surface area contributed by atoms with E-state index in [0.717, 1.165) is 12.0 Å². The van der Waals surface area contributed by atoms with E-state index in [1.165, 1.54) is 4.90 Å². The minimum atomic E-state index is -1.09. The molecule has 1 aliphatic rings. The van der Waals surface area contributed by atoms with E-state index < -0.39 is 47.2 Å². The van der Waals surface area contributed by atoms with E-state index in [4.69, 9.17) is 15.9 Å². The van der Waals surface area contributed by atoms with Gasteiger partial charge in [-0.25, -0.2) is 9.59 Å². The van der Waals surface area contributed by atoms with Gasteiger partial charge in [-0.3, -0.25) is 9.59 Å². The molecule has 2 aromatic rings. The fraction of sp³-hybridized carbons (Fsp3) is 0.471. The van der Waals surface area contributed by atoms with Gasteiger partial charge in [-0.15, -0.1) is 6.42 Å². The summed E-state index contributed by atoms with van der Waals surface area (Å²) in [4.78, 5) is 55.1. The van der Waals surface area contributed by atoms with E-state index >= 15 is 0 Å². The summed E-state index contributed by atoms with van der Waals surface area (Å²) in [5.41, 5.74) is 0.463. The lowest BCUT2D eigenvalue weighted by Gasteiger charge is -2.42. The Morgan fingerprint density at radius 1 is 0.930 bits per heavy atom. The lowest BCUT2D eigenvalue weighted by atomic mass is 9.88. The van der Waals surface area contributed by atoms with Gasteiger partial charge in [0.25, 0.3) is 0 Å². The zero-order valence-corrected chi connectivity index (χ0v) is 25.9. The fourth-order valence-corrected chi connectivity index (χ4v) is 4.64. The lowest BCUT2D eigenvalue weighted by molar-refractivity contribution is -0.159. The average molecular weight is 590 g/mol. The molecule has 2 atom stereocenters. The van der Waals surface area contributed by atoms with Crippen LogP contribution in [0.15, 0.2) is 54.6 Å². The highest BCUT2D eigenvalue weighted by Gasteiger charge is 2.40. The Morgan fingerprint density at radius 3 is 2.05 bits per heavy atom. The second-order valence-electron chi connectivity index (χ2n) is 12.7. The Bertz CT molecular complexity index is 1320. The van der Waals surface area contributed by atoms with Crippen LogP contribution in [0.25, 0.3) is 0 Å². The van der Waals surface area contributed by atoms with Crippen LogP contribution in [-0.2, 0) is 30.3 Å². The van der Waals surface area contributed by atoms with Gasteiger partial charge in [-0.2, -0.15) is 0 Å². The first kappa shape index (κ1) is 33.2. The Balaban J connectivity index is 1.96. The summed E-state index contributed by atoms with van der Waals surface area (Å²) >= 11 is 0. The van der Waals surface area contributed by atoms with Gasteiger partial charge in [-0.05, 0) is 84.1 Å². The first-order valence-electron chi connectivity index (χ1n) is 14.6. The molecule has 1 aliphatic carbocycles. The second kappa shape index (κ2) is 14.2. The number of hydrogen-bond donors (Lipinski definition) is 2. The number of alkyl carbamates (subject to hydrolysis) is 1. The van der Waals surface area contributed by atoms with Crippen molar-refractivity contribution in [1.29, 1.82) is 0 Å². The number of nitrogens with one attached hydrogen (secondary N) is 2. The summed E-state index contributed by atoms with van der Waals surface area (Å²) in [6.07, 6.45) is 7.31. The monoisotopic (exact) mass is 589 g/mol. The molecule has 0 aliphatic heterocycles. The van der Waals surface area contributed by atoms with Gasteiger partial charge < -0.3 is 25.0 Å². The highest BCUT2D eigenvalue weighted by molar-refractivity contribution is 5.93. The molecule has 0 aromatic heterocycles. The Kier molecular flexibility index (Phi) is 11.0. The van der Waals surface area contributed by atoms with Crippen LogP contribution in [0.4, 0.5) is 4.79 Å². The summed E-state index contributed by atoms with van der Waals surface area (Å²) < 4.78 is 11.0. The van der Waals surface area contributed by atoms with Crippen LogP contribution in [0.2, 0.25) is 0 Å². The largest absolute Gasteiger partial charge is 0.458 e. The first-order valence-corrected chi connectivity index (χ1v) is 14.6. The number of rotatable bonds is 10. The molecule has 1 saturated carbocycles. The molecule has 9 heteroatoms. The molecule has 43 heavy (non-hydrogen) atoms. The van der Waals surface area contributed by atoms with Crippen LogP contribution >= 0.6 is 0 Å². The van der Waals surface area contributed by atoms with Crippen molar-refractivity contribution in [3.05, 3.63) is 71.3 Å². The predicted molar refractivity (Wildman–Crippen MR) is 164 cm³/mol. The van der Waals surface area contributed by atoms with Crippen LogP contribution in [0, 0.1) is 12.3 Å². The molecule has 0 saturated heterocycles. The van der Waals surface area contributed by atoms with Gasteiger partial charge >= 0.3 is 12.1 Å². The molecule has 3 rings (SSSR count). The van der Waals surface area contributed by atoms with Gasteiger partial charge in [0.1, 0.15) is 29.8 Å². The number of nitrogens with zero attached hydrogens (tertiary/aromatic N) is 1. The van der Waals surface area contributed by atoms with Crippen molar-refractivity contribution >= 4 is 23.9 Å². The van der Waals surface area contributed by atoms with Crippen molar-refractivity contribution in [1.82, 2.24) is 15.5 Å². The maximum absolute atomic E-state index is 14.2. The molecule has 2 N–H and O–H groups in total. The topological polar surface area (TPSA) is 114 Å². The van der Waals surface area contributed by atoms with Gasteiger partial charge in [0.15, 0.2) is 0 Å². The summed E-state index contributed by atoms with van der Waals surface area (Å²) in [5, 5.41) is 5.41. The second-order valence-corrected chi connectivity index (χ2v) is 12.7. The highest BCUT2D eigenvalue weighted by Crippen LogP contribution is 2.33. The molecule has 0 radical (unpaired) electrons. The van der Waals surface area contributed by atoms with Crippen molar-refractivity contribution in [2.45, 2.75) is 96.6 Å². The summed E-state index contributed by atoms with van der Waals surface area (Å²) in [6, 6.07) is 13.8. The van der Waals surface area contributed by atoms with Crippen molar-refractivity contribution in [2.75, 3.05) is 6.54 Å². The number of benzene rings is 2. The third kappa shape index (κ3) is 10.2. The molecule has 0 spiro atoms. The minimum Gasteiger partial charge on any atom is -0.458 e. The Morgan fingerprint density at radius 2 is 1.53 bits per heavy atom. The van der Waals surface area contributed by atoms with Crippen LogP contribution in [0.1, 0.15) is 83.5 Å². The van der Waals surface area contributed by atoms with Crippen molar-refractivity contribution in [3.8, 4) is 12.3 Å². The minimum absolute atomic E-state index is 0.196. The Labute approximate surface area is 254 Å². The zero-order valence-electron chi connectivity index (χ0n) is 25.9. The smallest absolute Gasteiger partial charge is 0.408 e. The normalized spacial score (nSPS) is 14.7. The lowest BCUT2D eigenvalue weighted by Crippen LogP contribution is -2.56. The Hall–Kier alpha value is -4.32. The first-order chi connectivity index (χ1) is 20.2. The van der Waals surface area contributed by atoms with Crippen LogP contribution in [0.3, 0.4) is 0 Å². The fourth-order valence-electron chi connectivity index (χ4n) is 4.64. The van der Waals surface area contributed by atoms with Crippen molar-refractivity contribution < 1.29 is 28.7 Å².